The summed E-state index contributed by atoms with van der Waals surface area (Å²) >= 11 is 0. The van der Waals surface area contributed by atoms with Crippen LogP contribution in [0.2, 0.25) is 0 Å². The first-order valence-electron chi connectivity index (χ1n) is 10.5. The molecule has 0 saturated carbocycles. The van der Waals surface area contributed by atoms with Gasteiger partial charge in [0.15, 0.2) is 5.96 Å². The summed E-state index contributed by atoms with van der Waals surface area (Å²) < 4.78 is 0. The third kappa shape index (κ3) is 8.39. The molecule has 1 aliphatic heterocycles. The zero-order chi connectivity index (χ0) is 21.4. The van der Waals surface area contributed by atoms with Gasteiger partial charge in [-0.3, -0.25) is 14.7 Å². The predicted octanol–water partition coefficient (Wildman–Crippen LogP) is 1.99. The molecule has 1 heterocycles. The van der Waals surface area contributed by atoms with Crippen LogP contribution < -0.4 is 16.0 Å². The van der Waals surface area contributed by atoms with Gasteiger partial charge in [0, 0.05) is 57.4 Å². The number of likely N-dealkylation sites (tertiary alicyclic amines) is 1. The number of halogens is 1. The van der Waals surface area contributed by atoms with E-state index in [-0.39, 0.29) is 29.9 Å². The lowest BCUT2D eigenvalue weighted by Crippen LogP contribution is -2.46. The largest absolute Gasteiger partial charge is 0.352 e. The monoisotopic (exact) mass is 530 g/mol. The number of hydrogen-bond donors (Lipinski definition) is 3. The van der Waals surface area contributed by atoms with Gasteiger partial charge in [-0.25, -0.2) is 0 Å². The normalized spacial score (nSPS) is 19.7. The number of nitrogens with zero attached hydrogens (tertiary/aromatic N) is 3. The van der Waals surface area contributed by atoms with Crippen LogP contribution in [0, 0.1) is 5.92 Å². The molecule has 0 aromatic heterocycles. The van der Waals surface area contributed by atoms with Crippen molar-refractivity contribution in [2.75, 3.05) is 47.3 Å². The number of carbonyl (C=O) groups excluding carboxylic acids is 1. The molecule has 170 valence electrons. The number of hydrogen-bond acceptors (Lipinski definition) is 4. The van der Waals surface area contributed by atoms with E-state index in [0.29, 0.717) is 36.7 Å². The van der Waals surface area contributed by atoms with Gasteiger partial charge in [0.25, 0.3) is 5.91 Å². The summed E-state index contributed by atoms with van der Waals surface area (Å²) in [5, 5.41) is 9.90. The van der Waals surface area contributed by atoms with E-state index < -0.39 is 0 Å². The van der Waals surface area contributed by atoms with Crippen molar-refractivity contribution in [3.8, 4) is 0 Å². The maximum Gasteiger partial charge on any atom is 0.251 e. The molecule has 1 amide bonds. The number of amides is 1. The van der Waals surface area contributed by atoms with Crippen LogP contribution in [0.25, 0.3) is 0 Å². The van der Waals surface area contributed by atoms with Gasteiger partial charge in [0.2, 0.25) is 0 Å². The van der Waals surface area contributed by atoms with Crippen molar-refractivity contribution in [1.29, 1.82) is 0 Å². The quantitative estimate of drug-likeness (QED) is 0.273. The van der Waals surface area contributed by atoms with E-state index in [0.717, 1.165) is 31.2 Å². The third-order valence-corrected chi connectivity index (χ3v) is 5.41. The van der Waals surface area contributed by atoms with Gasteiger partial charge < -0.3 is 20.9 Å². The molecule has 1 fully saturated rings. The van der Waals surface area contributed by atoms with Crippen molar-refractivity contribution >= 4 is 35.8 Å². The second kappa shape index (κ2) is 13.1. The van der Waals surface area contributed by atoms with E-state index in [1.54, 1.807) is 7.05 Å². The van der Waals surface area contributed by atoms with Crippen molar-refractivity contribution in [1.82, 2.24) is 25.8 Å². The van der Waals surface area contributed by atoms with Crippen LogP contribution in [-0.4, -0.2) is 81.1 Å². The summed E-state index contributed by atoms with van der Waals surface area (Å²) in [6.45, 7) is 11.0. The highest BCUT2D eigenvalue weighted by atomic mass is 127. The van der Waals surface area contributed by atoms with Crippen LogP contribution in [0.4, 0.5) is 0 Å². The van der Waals surface area contributed by atoms with Gasteiger partial charge in [-0.15, -0.1) is 24.0 Å². The summed E-state index contributed by atoms with van der Waals surface area (Å²) in [6, 6.07) is 8.68. The summed E-state index contributed by atoms with van der Waals surface area (Å²) in [5.74, 6) is 1.34. The van der Waals surface area contributed by atoms with Crippen molar-refractivity contribution in [2.24, 2.45) is 10.9 Å². The molecule has 7 nitrogen and oxygen atoms in total. The van der Waals surface area contributed by atoms with E-state index >= 15 is 0 Å². The minimum absolute atomic E-state index is 0. The van der Waals surface area contributed by atoms with E-state index in [2.05, 4.69) is 46.6 Å². The molecule has 1 aromatic carbocycles. The lowest BCUT2D eigenvalue weighted by molar-refractivity contribution is 0.0951. The first kappa shape index (κ1) is 26.6. The Balaban J connectivity index is 0.00000450. The average molecular weight is 530 g/mol. The average Bonchev–Trinajstić information content (AvgIpc) is 3.05. The van der Waals surface area contributed by atoms with Gasteiger partial charge >= 0.3 is 0 Å². The first-order valence-corrected chi connectivity index (χ1v) is 10.5. The highest BCUT2D eigenvalue weighted by Gasteiger charge is 2.31. The Labute approximate surface area is 199 Å². The fourth-order valence-corrected chi connectivity index (χ4v) is 3.49. The van der Waals surface area contributed by atoms with Gasteiger partial charge in [0.05, 0.1) is 0 Å². The molecule has 8 heteroatoms. The molecule has 2 rings (SSSR count). The standard InChI is InChI=1S/C22H38N6O.HI/c1-16(2)28-14-17(3)20(15-28)26-22(23-4)25-13-18-8-7-9-19(12-18)21(29)24-10-11-27(5)6;/h7-9,12,16-17,20H,10-11,13-15H2,1-6H3,(H,24,29)(H2,23,25,26);1H. The Bertz CT molecular complexity index is 694. The molecule has 2 atom stereocenters. The van der Waals surface area contributed by atoms with Gasteiger partial charge in [-0.1, -0.05) is 19.1 Å². The van der Waals surface area contributed by atoms with Crippen LogP contribution >= 0.6 is 24.0 Å². The molecule has 1 aromatic rings. The Morgan fingerprint density at radius 3 is 2.60 bits per heavy atom. The smallest absolute Gasteiger partial charge is 0.251 e. The first-order chi connectivity index (χ1) is 13.8. The molecular weight excluding hydrogens is 491 g/mol. The van der Waals surface area contributed by atoms with Crippen LogP contribution in [0.1, 0.15) is 36.7 Å². The van der Waals surface area contributed by atoms with Gasteiger partial charge in [-0.05, 0) is 51.6 Å². The predicted molar refractivity (Wildman–Crippen MR) is 136 cm³/mol. The number of guanidine groups is 1. The fraction of sp³-hybridized carbons (Fsp3) is 0.636. The minimum Gasteiger partial charge on any atom is -0.352 e. The van der Waals surface area contributed by atoms with Crippen molar-refractivity contribution in [3.05, 3.63) is 35.4 Å². The Morgan fingerprint density at radius 2 is 2.00 bits per heavy atom. The molecule has 0 aliphatic carbocycles. The van der Waals surface area contributed by atoms with Crippen LogP contribution in [-0.2, 0) is 6.54 Å². The molecule has 0 spiro atoms. The minimum atomic E-state index is -0.0373. The van der Waals surface area contributed by atoms with Gasteiger partial charge in [-0.2, -0.15) is 0 Å². The van der Waals surface area contributed by atoms with Gasteiger partial charge in [0.1, 0.15) is 0 Å². The van der Waals surface area contributed by atoms with Crippen molar-refractivity contribution in [3.63, 3.8) is 0 Å². The van der Waals surface area contributed by atoms with E-state index in [1.807, 2.05) is 43.3 Å². The Hall–Kier alpha value is -1.39. The lowest BCUT2D eigenvalue weighted by Gasteiger charge is -2.22. The molecule has 1 aliphatic rings. The maximum atomic E-state index is 12.3. The van der Waals surface area contributed by atoms with Crippen molar-refractivity contribution in [2.45, 2.75) is 39.4 Å². The summed E-state index contributed by atoms with van der Waals surface area (Å²) in [6.07, 6.45) is 0. The number of rotatable bonds is 8. The molecule has 1 saturated heterocycles. The summed E-state index contributed by atoms with van der Waals surface area (Å²) in [4.78, 5) is 21.3. The second-order valence-corrected chi connectivity index (χ2v) is 8.46. The van der Waals surface area contributed by atoms with Crippen LogP contribution in [0.15, 0.2) is 29.3 Å². The molecule has 0 radical (unpaired) electrons. The summed E-state index contributed by atoms with van der Waals surface area (Å²) in [7, 11) is 5.78. The molecule has 0 bridgehead atoms. The van der Waals surface area contributed by atoms with Crippen LogP contribution in [0.5, 0.6) is 0 Å². The highest BCUT2D eigenvalue weighted by Crippen LogP contribution is 2.18. The Morgan fingerprint density at radius 1 is 1.27 bits per heavy atom. The zero-order valence-electron chi connectivity index (χ0n) is 19.2. The molecule has 30 heavy (non-hydrogen) atoms. The number of nitrogens with one attached hydrogen (secondary N) is 3. The third-order valence-electron chi connectivity index (χ3n) is 5.41. The number of benzene rings is 1. The zero-order valence-corrected chi connectivity index (χ0v) is 21.6. The lowest BCUT2D eigenvalue weighted by atomic mass is 10.1. The second-order valence-electron chi connectivity index (χ2n) is 8.46. The molecule has 3 N–H and O–H groups in total. The van der Waals surface area contributed by atoms with E-state index in [4.69, 9.17) is 0 Å². The van der Waals surface area contributed by atoms with Crippen molar-refractivity contribution < 1.29 is 4.79 Å². The SMILES string of the molecule is CN=C(NCc1cccc(C(=O)NCCN(C)C)c1)NC1CN(C(C)C)CC1C.I. The number of carbonyl (C=O) groups is 1. The maximum absolute atomic E-state index is 12.3. The van der Waals surface area contributed by atoms with E-state index in [1.165, 1.54) is 0 Å². The topological polar surface area (TPSA) is 72.0 Å². The number of likely N-dealkylation sites (N-methyl/N-ethyl adjacent to an activating group) is 1. The van der Waals surface area contributed by atoms with Crippen LogP contribution in [0.3, 0.4) is 0 Å². The fourth-order valence-electron chi connectivity index (χ4n) is 3.49. The van der Waals surface area contributed by atoms with E-state index in [9.17, 15) is 4.79 Å². The summed E-state index contributed by atoms with van der Waals surface area (Å²) in [5.41, 5.74) is 1.74. The molecule has 2 unspecified atom stereocenters. The highest BCUT2D eigenvalue weighted by molar-refractivity contribution is 14.0. The Kier molecular flexibility index (Phi) is 11.6. The molecular formula is C22H39IN6O. The number of aliphatic imine (C=N–C) groups is 1.